The van der Waals surface area contributed by atoms with Crippen LogP contribution in [0.15, 0.2) is 72.9 Å². The molecule has 0 rings (SSSR count). The second-order valence-electron chi connectivity index (χ2n) is 15.2. The minimum absolute atomic E-state index is 0.0119. The standard InChI is InChI=1S/C47H79NO7/c1-6-8-10-12-14-16-18-20-22-23-24-26-28-30-32-34-36-38-46(50)55-43(41-53-40-39-44(47(51)52)48(3,4)5)42-54-45(49)37-35-33-31-29-27-25-21-19-17-15-13-11-9-7-2/h8,10,14,16,19-22,24,26,30,32,43-44H,6-7,9,11-13,15,17-18,23,25,27-29,31,33-42H2,1-5H3/b10-8-,16-14-,21-19-,22-20-,26-24-,32-30-. The lowest BCUT2D eigenvalue weighted by atomic mass is 10.1. The van der Waals surface area contributed by atoms with Crippen LogP contribution in [0.5, 0.6) is 0 Å². The molecule has 0 amide bonds. The number of rotatable bonds is 37. The number of allylic oxidation sites excluding steroid dienone is 12. The molecule has 314 valence electrons. The predicted molar refractivity (Wildman–Crippen MR) is 226 cm³/mol. The molecule has 0 saturated heterocycles. The van der Waals surface area contributed by atoms with E-state index in [1.54, 1.807) is 21.1 Å². The quantitative estimate of drug-likeness (QED) is 0.0268. The molecule has 0 aromatic heterocycles. The van der Waals surface area contributed by atoms with Crippen molar-refractivity contribution in [2.45, 2.75) is 167 Å². The van der Waals surface area contributed by atoms with Crippen LogP contribution < -0.4 is 5.11 Å². The number of ether oxygens (including phenoxy) is 3. The van der Waals surface area contributed by atoms with Gasteiger partial charge >= 0.3 is 11.9 Å². The maximum atomic E-state index is 12.7. The summed E-state index contributed by atoms with van der Waals surface area (Å²) in [7, 11) is 5.37. The van der Waals surface area contributed by atoms with Gasteiger partial charge in [0.05, 0.1) is 40.3 Å². The summed E-state index contributed by atoms with van der Waals surface area (Å²) in [4.78, 5) is 36.8. The maximum absolute atomic E-state index is 12.7. The minimum atomic E-state index is -1.14. The third-order valence-corrected chi connectivity index (χ3v) is 9.08. The van der Waals surface area contributed by atoms with Gasteiger partial charge in [0.15, 0.2) is 6.10 Å². The summed E-state index contributed by atoms with van der Waals surface area (Å²) < 4.78 is 17.1. The van der Waals surface area contributed by atoms with E-state index in [2.05, 4.69) is 86.8 Å². The van der Waals surface area contributed by atoms with Crippen molar-refractivity contribution in [1.82, 2.24) is 0 Å². The fourth-order valence-electron chi connectivity index (χ4n) is 5.75. The zero-order valence-electron chi connectivity index (χ0n) is 35.6. The van der Waals surface area contributed by atoms with E-state index < -0.39 is 18.1 Å². The van der Waals surface area contributed by atoms with E-state index in [-0.39, 0.29) is 49.1 Å². The van der Waals surface area contributed by atoms with Gasteiger partial charge in [0.1, 0.15) is 12.6 Å². The average molecular weight is 770 g/mol. The van der Waals surface area contributed by atoms with Crippen LogP contribution in [0.25, 0.3) is 0 Å². The van der Waals surface area contributed by atoms with Crippen LogP contribution in [0.3, 0.4) is 0 Å². The molecule has 0 bridgehead atoms. The van der Waals surface area contributed by atoms with E-state index in [0.29, 0.717) is 12.8 Å². The lowest BCUT2D eigenvalue weighted by molar-refractivity contribution is -0.889. The normalized spacial score (nSPS) is 13.7. The van der Waals surface area contributed by atoms with Gasteiger partial charge in [-0.05, 0) is 77.0 Å². The van der Waals surface area contributed by atoms with Crippen LogP contribution in [0, 0.1) is 0 Å². The van der Waals surface area contributed by atoms with E-state index in [1.807, 2.05) is 0 Å². The smallest absolute Gasteiger partial charge is 0.306 e. The molecule has 2 unspecified atom stereocenters. The lowest BCUT2D eigenvalue weighted by Crippen LogP contribution is -2.55. The molecule has 0 aromatic rings. The number of likely N-dealkylation sites (N-methyl/N-ethyl adjacent to an activating group) is 1. The topological polar surface area (TPSA) is 102 Å². The van der Waals surface area contributed by atoms with Crippen molar-refractivity contribution in [1.29, 1.82) is 0 Å². The van der Waals surface area contributed by atoms with Gasteiger partial charge < -0.3 is 28.6 Å². The number of carboxylic acids is 1. The molecule has 0 aliphatic rings. The zero-order chi connectivity index (χ0) is 40.7. The summed E-state index contributed by atoms with van der Waals surface area (Å²) >= 11 is 0. The third-order valence-electron chi connectivity index (χ3n) is 9.08. The summed E-state index contributed by atoms with van der Waals surface area (Å²) in [5.74, 6) is -1.83. The summed E-state index contributed by atoms with van der Waals surface area (Å²) in [5, 5.41) is 11.6. The van der Waals surface area contributed by atoms with Crippen molar-refractivity contribution in [3.8, 4) is 0 Å². The Bertz CT molecular complexity index is 1130. The average Bonchev–Trinajstić information content (AvgIpc) is 3.14. The Morgan fingerprint density at radius 2 is 1.04 bits per heavy atom. The van der Waals surface area contributed by atoms with Gasteiger partial charge in [-0.2, -0.15) is 0 Å². The number of nitrogens with zero attached hydrogens (tertiary/aromatic N) is 1. The number of unbranched alkanes of at least 4 members (excludes halogenated alkanes) is 11. The van der Waals surface area contributed by atoms with Crippen LogP contribution in [-0.2, 0) is 28.6 Å². The Kier molecular flexibility index (Phi) is 35.5. The Morgan fingerprint density at radius 1 is 0.564 bits per heavy atom. The number of carbonyl (C=O) groups excluding carboxylic acids is 3. The van der Waals surface area contributed by atoms with Gasteiger partial charge in [0, 0.05) is 19.3 Å². The Morgan fingerprint density at radius 3 is 1.58 bits per heavy atom. The molecular formula is C47H79NO7. The molecular weight excluding hydrogens is 691 g/mol. The van der Waals surface area contributed by atoms with E-state index in [0.717, 1.165) is 70.6 Å². The fraction of sp³-hybridized carbons (Fsp3) is 0.681. The number of quaternary nitrogens is 1. The number of hydrogen-bond donors (Lipinski definition) is 0. The second kappa shape index (κ2) is 37.7. The number of hydrogen-bond acceptors (Lipinski definition) is 7. The second-order valence-corrected chi connectivity index (χ2v) is 15.2. The predicted octanol–water partition coefficient (Wildman–Crippen LogP) is 10.2. The van der Waals surface area contributed by atoms with E-state index in [9.17, 15) is 19.5 Å². The maximum Gasteiger partial charge on any atom is 0.306 e. The molecule has 0 fully saturated rings. The van der Waals surface area contributed by atoms with E-state index in [4.69, 9.17) is 14.2 Å². The van der Waals surface area contributed by atoms with Crippen molar-refractivity contribution in [3.05, 3.63) is 72.9 Å². The van der Waals surface area contributed by atoms with E-state index >= 15 is 0 Å². The molecule has 8 nitrogen and oxygen atoms in total. The first-order chi connectivity index (χ1) is 26.6. The SMILES string of the molecule is CC/C=C\C/C=C\C/C=C\C/C=C\C/C=C\CCCC(=O)OC(COCCC(C(=O)[O-])[N+](C)(C)C)COC(=O)CCCCCCC/C=C\CCCCCCC. The number of aliphatic carboxylic acids is 1. The zero-order valence-corrected chi connectivity index (χ0v) is 35.6. The molecule has 0 radical (unpaired) electrons. The van der Waals surface area contributed by atoms with Crippen molar-refractivity contribution in [3.63, 3.8) is 0 Å². The van der Waals surface area contributed by atoms with Crippen LogP contribution in [0.1, 0.15) is 155 Å². The molecule has 0 heterocycles. The molecule has 0 aliphatic heterocycles. The van der Waals surface area contributed by atoms with Crippen molar-refractivity contribution in [2.75, 3.05) is 41.0 Å². The number of esters is 2. The highest BCUT2D eigenvalue weighted by Gasteiger charge is 2.25. The van der Waals surface area contributed by atoms with Crippen LogP contribution in [0.2, 0.25) is 0 Å². The lowest BCUT2D eigenvalue weighted by Gasteiger charge is -2.34. The van der Waals surface area contributed by atoms with Crippen molar-refractivity contribution in [2.24, 2.45) is 0 Å². The molecule has 0 aliphatic carbocycles. The summed E-state index contributed by atoms with van der Waals surface area (Å²) in [6.45, 7) is 4.45. The Labute approximate surface area is 336 Å². The van der Waals surface area contributed by atoms with Gasteiger partial charge in [-0.3, -0.25) is 9.59 Å². The van der Waals surface area contributed by atoms with Crippen LogP contribution >= 0.6 is 0 Å². The summed E-state index contributed by atoms with van der Waals surface area (Å²) in [5.41, 5.74) is 0. The van der Waals surface area contributed by atoms with Crippen LogP contribution in [-0.4, -0.2) is 75.5 Å². The van der Waals surface area contributed by atoms with Gasteiger partial charge in [-0.1, -0.05) is 132 Å². The molecule has 0 spiro atoms. The van der Waals surface area contributed by atoms with Crippen molar-refractivity contribution < 1.29 is 38.2 Å². The molecule has 0 saturated carbocycles. The molecule has 55 heavy (non-hydrogen) atoms. The number of carboxylic acid groups (broad SMARTS) is 1. The number of carbonyl (C=O) groups is 3. The largest absolute Gasteiger partial charge is 0.544 e. The first kappa shape index (κ1) is 51.8. The molecule has 0 aromatic carbocycles. The van der Waals surface area contributed by atoms with Crippen LogP contribution in [0.4, 0.5) is 0 Å². The van der Waals surface area contributed by atoms with Gasteiger partial charge in [-0.15, -0.1) is 0 Å². The third kappa shape index (κ3) is 36.2. The van der Waals surface area contributed by atoms with Crippen molar-refractivity contribution >= 4 is 17.9 Å². The minimum Gasteiger partial charge on any atom is -0.544 e. The fourth-order valence-corrected chi connectivity index (χ4v) is 5.75. The first-order valence-electron chi connectivity index (χ1n) is 21.5. The Hall–Kier alpha value is -3.23. The highest BCUT2D eigenvalue weighted by atomic mass is 16.6. The van der Waals surface area contributed by atoms with E-state index in [1.165, 1.54) is 44.9 Å². The highest BCUT2D eigenvalue weighted by molar-refractivity contribution is 5.70. The van der Waals surface area contributed by atoms with Gasteiger partial charge in [-0.25, -0.2) is 0 Å². The summed E-state index contributed by atoms with van der Waals surface area (Å²) in [6.07, 6.45) is 46.4. The molecule has 2 atom stereocenters. The molecule has 0 N–H and O–H groups in total. The monoisotopic (exact) mass is 770 g/mol. The first-order valence-corrected chi connectivity index (χ1v) is 21.5. The Balaban J connectivity index is 4.50. The highest BCUT2D eigenvalue weighted by Crippen LogP contribution is 2.12. The van der Waals surface area contributed by atoms with Gasteiger partial charge in [0.25, 0.3) is 0 Å². The van der Waals surface area contributed by atoms with Gasteiger partial charge in [0.2, 0.25) is 0 Å². The summed E-state index contributed by atoms with van der Waals surface area (Å²) in [6, 6.07) is -0.739. The molecule has 8 heteroatoms.